The van der Waals surface area contributed by atoms with Crippen molar-refractivity contribution in [2.75, 3.05) is 26.2 Å². The number of nitrogens with zero attached hydrogens (tertiary/aromatic N) is 1. The summed E-state index contributed by atoms with van der Waals surface area (Å²) in [4.78, 5) is 11.1. The van der Waals surface area contributed by atoms with Gasteiger partial charge in [-0.2, -0.15) is 0 Å². The zero-order chi connectivity index (χ0) is 10.2. The fourth-order valence-electron chi connectivity index (χ4n) is 1.45. The third kappa shape index (κ3) is 4.58. The van der Waals surface area contributed by atoms with Gasteiger partial charge in [0.15, 0.2) is 0 Å². The van der Waals surface area contributed by atoms with E-state index in [9.17, 15) is 4.79 Å². The van der Waals surface area contributed by atoms with E-state index < -0.39 is 0 Å². The summed E-state index contributed by atoms with van der Waals surface area (Å²) in [5.74, 6) is -0.144. The van der Waals surface area contributed by atoms with Crippen LogP contribution in [0.25, 0.3) is 0 Å². The van der Waals surface area contributed by atoms with Crippen LogP contribution in [0.4, 0.5) is 0 Å². The molecule has 0 aromatic heterocycles. The molecule has 4 heteroatoms. The number of piperidine rings is 1. The van der Waals surface area contributed by atoms with Crippen molar-refractivity contribution in [2.24, 2.45) is 0 Å². The molecule has 1 saturated heterocycles. The normalized spacial score (nSPS) is 18.1. The maximum atomic E-state index is 11.1. The first-order chi connectivity index (χ1) is 6.83. The SMILES string of the molecule is CCCOC(=O)CNC1CC[N]CC1. The van der Waals surface area contributed by atoms with Gasteiger partial charge in [0, 0.05) is 19.1 Å². The summed E-state index contributed by atoms with van der Waals surface area (Å²) < 4.78 is 4.96. The number of ether oxygens (including phenoxy) is 1. The number of nitrogens with one attached hydrogen (secondary N) is 1. The van der Waals surface area contributed by atoms with Gasteiger partial charge in [-0.15, -0.1) is 0 Å². The van der Waals surface area contributed by atoms with Crippen molar-refractivity contribution in [3.8, 4) is 0 Å². The van der Waals surface area contributed by atoms with Crippen LogP contribution < -0.4 is 10.6 Å². The Morgan fingerprint density at radius 3 is 2.86 bits per heavy atom. The second-order valence-corrected chi connectivity index (χ2v) is 3.55. The summed E-state index contributed by atoms with van der Waals surface area (Å²) in [5, 5.41) is 7.44. The lowest BCUT2D eigenvalue weighted by atomic mass is 10.1. The molecule has 0 aromatic carbocycles. The van der Waals surface area contributed by atoms with E-state index in [-0.39, 0.29) is 5.97 Å². The molecule has 14 heavy (non-hydrogen) atoms. The first-order valence-electron chi connectivity index (χ1n) is 5.35. The zero-order valence-electron chi connectivity index (χ0n) is 8.79. The van der Waals surface area contributed by atoms with Gasteiger partial charge in [-0.1, -0.05) is 6.92 Å². The molecule has 81 valence electrons. The largest absolute Gasteiger partial charge is 0.465 e. The molecule has 1 N–H and O–H groups in total. The summed E-state index contributed by atoms with van der Waals surface area (Å²) in [6.45, 7) is 4.69. The van der Waals surface area contributed by atoms with Gasteiger partial charge in [-0.05, 0) is 19.3 Å². The smallest absolute Gasteiger partial charge is 0.319 e. The van der Waals surface area contributed by atoms with Crippen LogP contribution in [0, 0.1) is 0 Å². The molecule has 1 aliphatic rings. The molecule has 1 rings (SSSR count). The Morgan fingerprint density at radius 1 is 1.50 bits per heavy atom. The number of carbonyl (C=O) groups excluding carboxylic acids is 1. The van der Waals surface area contributed by atoms with Gasteiger partial charge in [0.05, 0.1) is 13.2 Å². The molecule has 1 radical (unpaired) electrons. The Morgan fingerprint density at radius 2 is 2.21 bits per heavy atom. The van der Waals surface area contributed by atoms with Gasteiger partial charge in [-0.25, -0.2) is 5.32 Å². The van der Waals surface area contributed by atoms with Crippen molar-refractivity contribution in [3.05, 3.63) is 0 Å². The van der Waals surface area contributed by atoms with Gasteiger partial charge in [0.1, 0.15) is 0 Å². The maximum Gasteiger partial charge on any atom is 0.319 e. The Bertz CT molecular complexity index is 168. The summed E-state index contributed by atoms with van der Waals surface area (Å²) in [5.41, 5.74) is 0. The van der Waals surface area contributed by atoms with E-state index in [1.807, 2.05) is 6.92 Å². The van der Waals surface area contributed by atoms with Crippen molar-refractivity contribution in [1.82, 2.24) is 10.6 Å². The van der Waals surface area contributed by atoms with Gasteiger partial charge in [0.2, 0.25) is 0 Å². The van der Waals surface area contributed by atoms with Crippen LogP contribution in [0.2, 0.25) is 0 Å². The molecule has 1 heterocycles. The summed E-state index contributed by atoms with van der Waals surface area (Å²) in [6, 6.07) is 0.446. The predicted octanol–water partition coefficient (Wildman–Crippen LogP) is 0.296. The van der Waals surface area contributed by atoms with Crippen LogP contribution in [-0.2, 0) is 9.53 Å². The summed E-state index contributed by atoms with van der Waals surface area (Å²) in [6.07, 6.45) is 2.97. The first kappa shape index (κ1) is 11.5. The number of esters is 1. The van der Waals surface area contributed by atoms with E-state index >= 15 is 0 Å². The molecule has 0 unspecified atom stereocenters. The molecule has 0 aliphatic carbocycles. The number of hydrogen-bond donors (Lipinski definition) is 1. The van der Waals surface area contributed by atoms with Crippen LogP contribution in [0.1, 0.15) is 26.2 Å². The lowest BCUT2D eigenvalue weighted by Crippen LogP contribution is -2.40. The van der Waals surface area contributed by atoms with E-state index in [0.29, 0.717) is 19.2 Å². The topological polar surface area (TPSA) is 52.4 Å². The Balaban J connectivity index is 2.03. The minimum Gasteiger partial charge on any atom is -0.465 e. The summed E-state index contributed by atoms with van der Waals surface area (Å²) >= 11 is 0. The molecule has 4 nitrogen and oxygen atoms in total. The zero-order valence-corrected chi connectivity index (χ0v) is 8.79. The van der Waals surface area contributed by atoms with Crippen LogP contribution in [0.3, 0.4) is 0 Å². The Hall–Kier alpha value is -0.610. The monoisotopic (exact) mass is 199 g/mol. The quantitative estimate of drug-likeness (QED) is 0.648. The average molecular weight is 199 g/mol. The van der Waals surface area contributed by atoms with Crippen LogP contribution in [-0.4, -0.2) is 38.3 Å². The fourth-order valence-corrected chi connectivity index (χ4v) is 1.45. The lowest BCUT2D eigenvalue weighted by Gasteiger charge is -2.22. The fraction of sp³-hybridized carbons (Fsp3) is 0.900. The number of hydrogen-bond acceptors (Lipinski definition) is 3. The number of rotatable bonds is 5. The second kappa shape index (κ2) is 6.79. The molecule has 0 amide bonds. The van der Waals surface area contributed by atoms with E-state index in [4.69, 9.17) is 4.74 Å². The van der Waals surface area contributed by atoms with E-state index in [1.54, 1.807) is 0 Å². The maximum absolute atomic E-state index is 11.1. The molecule has 0 spiro atoms. The van der Waals surface area contributed by atoms with Crippen molar-refractivity contribution >= 4 is 5.97 Å². The van der Waals surface area contributed by atoms with Gasteiger partial charge in [-0.3, -0.25) is 4.79 Å². The third-order valence-corrected chi connectivity index (χ3v) is 2.27. The lowest BCUT2D eigenvalue weighted by molar-refractivity contribution is -0.142. The molecule has 0 saturated carbocycles. The van der Waals surface area contributed by atoms with E-state index in [1.165, 1.54) is 0 Å². The minimum absolute atomic E-state index is 0.144. The highest BCUT2D eigenvalue weighted by molar-refractivity contribution is 5.71. The third-order valence-electron chi connectivity index (χ3n) is 2.27. The Labute approximate surface area is 85.4 Å². The standard InChI is InChI=1S/C10H19N2O2/c1-2-7-14-10(13)8-12-9-3-5-11-6-4-9/h9,12H,2-8H2,1H3. The molecule has 0 aromatic rings. The Kier molecular flexibility index (Phi) is 5.56. The van der Waals surface area contributed by atoms with Crippen LogP contribution >= 0.6 is 0 Å². The van der Waals surface area contributed by atoms with E-state index in [2.05, 4.69) is 10.6 Å². The molecule has 1 aliphatic heterocycles. The molecular weight excluding hydrogens is 180 g/mol. The molecule has 0 atom stereocenters. The van der Waals surface area contributed by atoms with Crippen molar-refractivity contribution in [3.63, 3.8) is 0 Å². The van der Waals surface area contributed by atoms with Crippen LogP contribution in [0.5, 0.6) is 0 Å². The van der Waals surface area contributed by atoms with Gasteiger partial charge >= 0.3 is 5.97 Å². The molecule has 0 bridgehead atoms. The van der Waals surface area contributed by atoms with Crippen molar-refractivity contribution in [1.29, 1.82) is 0 Å². The highest BCUT2D eigenvalue weighted by Gasteiger charge is 2.14. The van der Waals surface area contributed by atoms with Gasteiger partial charge < -0.3 is 10.1 Å². The minimum atomic E-state index is -0.144. The molecule has 1 fully saturated rings. The van der Waals surface area contributed by atoms with Crippen LogP contribution in [0.15, 0.2) is 0 Å². The van der Waals surface area contributed by atoms with E-state index in [0.717, 1.165) is 32.4 Å². The summed E-state index contributed by atoms with van der Waals surface area (Å²) in [7, 11) is 0. The highest BCUT2D eigenvalue weighted by atomic mass is 16.5. The van der Waals surface area contributed by atoms with Crippen molar-refractivity contribution < 1.29 is 9.53 Å². The second-order valence-electron chi connectivity index (χ2n) is 3.55. The molecular formula is C10H19N2O2. The number of carbonyl (C=O) groups is 1. The predicted molar refractivity (Wildman–Crippen MR) is 54.1 cm³/mol. The highest BCUT2D eigenvalue weighted by Crippen LogP contribution is 2.02. The van der Waals surface area contributed by atoms with Crippen molar-refractivity contribution in [2.45, 2.75) is 32.2 Å². The average Bonchev–Trinajstić information content (AvgIpc) is 2.25. The first-order valence-corrected chi connectivity index (χ1v) is 5.35. The van der Waals surface area contributed by atoms with Gasteiger partial charge in [0.25, 0.3) is 0 Å².